The molecular weight excluding hydrogens is 228 g/mol. The van der Waals surface area contributed by atoms with Crippen molar-refractivity contribution in [2.24, 2.45) is 0 Å². The molecule has 17 heavy (non-hydrogen) atoms. The van der Waals surface area contributed by atoms with Crippen LogP contribution in [0.1, 0.15) is 33.4 Å². The predicted molar refractivity (Wildman–Crippen MR) is 73.7 cm³/mol. The summed E-state index contributed by atoms with van der Waals surface area (Å²) in [5.74, 6) is 0. The summed E-state index contributed by atoms with van der Waals surface area (Å²) in [5.41, 5.74) is 4.77. The van der Waals surface area contributed by atoms with E-state index in [4.69, 9.17) is 0 Å². The predicted octanol–water partition coefficient (Wildman–Crippen LogP) is 3.38. The van der Waals surface area contributed by atoms with E-state index in [2.05, 4.69) is 40.8 Å². The van der Waals surface area contributed by atoms with Crippen LogP contribution in [0.2, 0.25) is 0 Å². The fraction of sp³-hybridized carbons (Fsp3) is 0.357. The molecule has 2 heterocycles. The molecule has 2 aromatic rings. The van der Waals surface area contributed by atoms with Gasteiger partial charge in [0.1, 0.15) is 0 Å². The Bertz CT molecular complexity index is 496. The lowest BCUT2D eigenvalue weighted by atomic mass is 10.0. The van der Waals surface area contributed by atoms with E-state index in [9.17, 15) is 0 Å². The summed E-state index contributed by atoms with van der Waals surface area (Å²) < 4.78 is 0. The first-order valence-corrected chi connectivity index (χ1v) is 6.65. The second kappa shape index (κ2) is 4.98. The van der Waals surface area contributed by atoms with Crippen molar-refractivity contribution in [2.75, 3.05) is 7.05 Å². The third-order valence-electron chi connectivity index (χ3n) is 2.81. The molecule has 0 radical (unpaired) electrons. The lowest BCUT2D eigenvalue weighted by Crippen LogP contribution is -2.17. The SMILES string of the molecule is CNC(c1cc(C)nc(C)c1)c1csc(C)c1. The van der Waals surface area contributed by atoms with Crippen molar-refractivity contribution in [3.8, 4) is 0 Å². The van der Waals surface area contributed by atoms with Crippen molar-refractivity contribution in [2.45, 2.75) is 26.8 Å². The van der Waals surface area contributed by atoms with Gasteiger partial charge in [0.05, 0.1) is 6.04 Å². The molecule has 3 heteroatoms. The molecule has 0 bridgehead atoms. The van der Waals surface area contributed by atoms with Gasteiger partial charge in [-0.3, -0.25) is 4.98 Å². The molecule has 0 aliphatic rings. The Morgan fingerprint density at radius 3 is 2.18 bits per heavy atom. The van der Waals surface area contributed by atoms with E-state index >= 15 is 0 Å². The van der Waals surface area contributed by atoms with E-state index in [0.717, 1.165) is 11.4 Å². The Kier molecular flexibility index (Phi) is 3.60. The molecule has 0 aromatic carbocycles. The first-order valence-electron chi connectivity index (χ1n) is 5.77. The second-order valence-electron chi connectivity index (χ2n) is 4.40. The average molecular weight is 246 g/mol. The molecule has 2 aromatic heterocycles. The van der Waals surface area contributed by atoms with Gasteiger partial charge in [0.2, 0.25) is 0 Å². The summed E-state index contributed by atoms with van der Waals surface area (Å²) >= 11 is 1.80. The zero-order valence-corrected chi connectivity index (χ0v) is 11.6. The Hall–Kier alpha value is -1.19. The van der Waals surface area contributed by atoms with Crippen LogP contribution in [0.4, 0.5) is 0 Å². The molecule has 2 rings (SSSR count). The van der Waals surface area contributed by atoms with Crippen LogP contribution in [0.15, 0.2) is 23.6 Å². The van der Waals surface area contributed by atoms with Crippen LogP contribution < -0.4 is 5.32 Å². The number of aromatic nitrogens is 1. The minimum Gasteiger partial charge on any atom is -0.309 e. The highest BCUT2D eigenvalue weighted by Crippen LogP contribution is 2.26. The highest BCUT2D eigenvalue weighted by atomic mass is 32.1. The van der Waals surface area contributed by atoms with Crippen LogP contribution >= 0.6 is 11.3 Å². The smallest absolute Gasteiger partial charge is 0.0583 e. The monoisotopic (exact) mass is 246 g/mol. The Labute approximate surface area is 107 Å². The number of nitrogens with zero attached hydrogens (tertiary/aromatic N) is 1. The van der Waals surface area contributed by atoms with Crippen LogP contribution in [-0.2, 0) is 0 Å². The minimum absolute atomic E-state index is 0.264. The van der Waals surface area contributed by atoms with Gasteiger partial charge in [0, 0.05) is 16.3 Å². The average Bonchev–Trinajstić information content (AvgIpc) is 2.64. The van der Waals surface area contributed by atoms with E-state index in [1.807, 2.05) is 20.9 Å². The molecule has 0 saturated carbocycles. The lowest BCUT2D eigenvalue weighted by molar-refractivity contribution is 0.691. The zero-order valence-electron chi connectivity index (χ0n) is 10.7. The summed E-state index contributed by atoms with van der Waals surface area (Å²) in [6.07, 6.45) is 0. The van der Waals surface area contributed by atoms with Gasteiger partial charge >= 0.3 is 0 Å². The van der Waals surface area contributed by atoms with Crippen LogP contribution in [0.3, 0.4) is 0 Å². The molecule has 0 aliphatic carbocycles. The van der Waals surface area contributed by atoms with Gasteiger partial charge in [-0.15, -0.1) is 11.3 Å². The fourth-order valence-electron chi connectivity index (χ4n) is 2.17. The number of thiophene rings is 1. The van der Waals surface area contributed by atoms with Gasteiger partial charge in [-0.25, -0.2) is 0 Å². The van der Waals surface area contributed by atoms with Crippen LogP contribution in [-0.4, -0.2) is 12.0 Å². The topological polar surface area (TPSA) is 24.9 Å². The summed E-state index contributed by atoms with van der Waals surface area (Å²) in [7, 11) is 2.00. The first-order chi connectivity index (χ1) is 8.10. The fourth-order valence-corrected chi connectivity index (χ4v) is 2.90. The molecule has 0 saturated heterocycles. The van der Waals surface area contributed by atoms with Crippen molar-refractivity contribution in [3.05, 3.63) is 51.0 Å². The molecule has 0 aliphatic heterocycles. The molecule has 0 spiro atoms. The highest BCUT2D eigenvalue weighted by Gasteiger charge is 2.14. The number of nitrogens with one attached hydrogen (secondary N) is 1. The summed E-state index contributed by atoms with van der Waals surface area (Å²) in [4.78, 5) is 5.77. The van der Waals surface area contributed by atoms with E-state index in [1.54, 1.807) is 11.3 Å². The van der Waals surface area contributed by atoms with E-state index in [0.29, 0.717) is 0 Å². The number of aryl methyl sites for hydroxylation is 3. The summed E-state index contributed by atoms with van der Waals surface area (Å²) in [6, 6.07) is 6.82. The highest BCUT2D eigenvalue weighted by molar-refractivity contribution is 7.10. The van der Waals surface area contributed by atoms with E-state index < -0.39 is 0 Å². The summed E-state index contributed by atoms with van der Waals surface area (Å²) in [6.45, 7) is 6.23. The maximum atomic E-state index is 4.42. The molecule has 0 amide bonds. The molecule has 90 valence electrons. The van der Waals surface area contributed by atoms with Crippen LogP contribution in [0.25, 0.3) is 0 Å². The standard InChI is InChI=1S/C14H18N2S/c1-9-5-12(6-10(2)16-9)14(15-4)13-7-11(3)17-8-13/h5-8,14-15H,1-4H3. The van der Waals surface area contributed by atoms with Gasteiger partial charge in [0.25, 0.3) is 0 Å². The molecule has 1 atom stereocenters. The second-order valence-corrected chi connectivity index (χ2v) is 5.51. The Morgan fingerprint density at radius 2 is 1.71 bits per heavy atom. The minimum atomic E-state index is 0.264. The van der Waals surface area contributed by atoms with Crippen molar-refractivity contribution < 1.29 is 0 Å². The lowest BCUT2D eigenvalue weighted by Gasteiger charge is -2.16. The van der Waals surface area contributed by atoms with Crippen LogP contribution in [0, 0.1) is 20.8 Å². The van der Waals surface area contributed by atoms with Crippen molar-refractivity contribution in [1.82, 2.24) is 10.3 Å². The van der Waals surface area contributed by atoms with Crippen LogP contribution in [0.5, 0.6) is 0 Å². The third kappa shape index (κ3) is 2.73. The molecule has 0 fully saturated rings. The van der Waals surface area contributed by atoms with Gasteiger partial charge < -0.3 is 5.32 Å². The third-order valence-corrected chi connectivity index (χ3v) is 3.69. The maximum absolute atomic E-state index is 4.42. The van der Waals surface area contributed by atoms with Crippen molar-refractivity contribution >= 4 is 11.3 Å². The van der Waals surface area contributed by atoms with Gasteiger partial charge in [0.15, 0.2) is 0 Å². The number of pyridine rings is 1. The largest absolute Gasteiger partial charge is 0.309 e. The van der Waals surface area contributed by atoms with Gasteiger partial charge in [-0.2, -0.15) is 0 Å². The molecule has 2 nitrogen and oxygen atoms in total. The van der Waals surface area contributed by atoms with Gasteiger partial charge in [-0.1, -0.05) is 0 Å². The van der Waals surface area contributed by atoms with E-state index in [-0.39, 0.29) is 6.04 Å². The molecule has 1 N–H and O–H groups in total. The zero-order chi connectivity index (χ0) is 12.4. The van der Waals surface area contributed by atoms with Gasteiger partial charge in [-0.05, 0) is 62.5 Å². The Morgan fingerprint density at radius 1 is 1.06 bits per heavy atom. The van der Waals surface area contributed by atoms with Crippen molar-refractivity contribution in [3.63, 3.8) is 0 Å². The number of hydrogen-bond acceptors (Lipinski definition) is 3. The maximum Gasteiger partial charge on any atom is 0.0583 e. The Balaban J connectivity index is 2.41. The van der Waals surface area contributed by atoms with E-state index in [1.165, 1.54) is 16.0 Å². The van der Waals surface area contributed by atoms with Crippen molar-refractivity contribution in [1.29, 1.82) is 0 Å². The normalized spacial score (nSPS) is 12.7. The molecule has 1 unspecified atom stereocenters. The first kappa shape index (κ1) is 12.3. The quantitative estimate of drug-likeness (QED) is 0.898. The number of rotatable bonds is 3. The number of hydrogen-bond donors (Lipinski definition) is 1. The molecular formula is C14H18N2S. The summed E-state index contributed by atoms with van der Waals surface area (Å²) in [5, 5.41) is 5.61.